The molecule has 64 valence electrons. The smallest absolute Gasteiger partial charge is 0.234 e. The third-order valence-electron chi connectivity index (χ3n) is 1.67. The number of hydrogen-bond donors (Lipinski definition) is 0. The maximum absolute atomic E-state index is 11.2. The van der Waals surface area contributed by atoms with Crippen LogP contribution in [-0.2, 0) is 9.59 Å². The lowest BCUT2D eigenvalue weighted by molar-refractivity contribution is -0.134. The molecule has 0 aromatic rings. The van der Waals surface area contributed by atoms with Crippen molar-refractivity contribution in [2.24, 2.45) is 5.41 Å². The molecule has 2 nitrogen and oxygen atoms in total. The Morgan fingerprint density at radius 3 is 2.09 bits per heavy atom. The van der Waals surface area contributed by atoms with Gasteiger partial charge in [0.25, 0.3) is 0 Å². The molecule has 0 aliphatic carbocycles. The van der Waals surface area contributed by atoms with Crippen LogP contribution in [0.3, 0.4) is 0 Å². The van der Waals surface area contributed by atoms with E-state index in [-0.39, 0.29) is 5.78 Å². The quantitative estimate of drug-likeness (QED) is 0.486. The van der Waals surface area contributed by atoms with Crippen molar-refractivity contribution in [3.05, 3.63) is 0 Å². The zero-order valence-corrected chi connectivity index (χ0v) is 7.86. The Labute approximate surface area is 71.9 Å². The summed E-state index contributed by atoms with van der Waals surface area (Å²) in [5.41, 5.74) is -1.00. The number of halogens is 1. The van der Waals surface area contributed by atoms with E-state index in [1.54, 1.807) is 13.8 Å². The van der Waals surface area contributed by atoms with Crippen LogP contribution in [0.5, 0.6) is 0 Å². The molecule has 0 bridgehead atoms. The molecule has 0 saturated carbocycles. The van der Waals surface area contributed by atoms with Gasteiger partial charge in [0.15, 0.2) is 0 Å². The minimum Gasteiger partial charge on any atom is -0.299 e. The number of ketones is 1. The molecule has 0 N–H and O–H groups in total. The fourth-order valence-corrected chi connectivity index (χ4v) is 0.755. The van der Waals surface area contributed by atoms with E-state index < -0.39 is 10.7 Å². The Balaban J connectivity index is 4.30. The van der Waals surface area contributed by atoms with Crippen molar-refractivity contribution in [3.8, 4) is 0 Å². The van der Waals surface area contributed by atoms with Crippen LogP contribution in [0.15, 0.2) is 0 Å². The summed E-state index contributed by atoms with van der Waals surface area (Å²) in [5.74, 6) is -0.0833. The first-order valence-electron chi connectivity index (χ1n) is 3.66. The number of rotatable bonds is 4. The van der Waals surface area contributed by atoms with Crippen molar-refractivity contribution in [2.45, 2.75) is 33.6 Å². The molecule has 0 saturated heterocycles. The average Bonchev–Trinajstić information content (AvgIpc) is 1.88. The van der Waals surface area contributed by atoms with E-state index in [9.17, 15) is 9.59 Å². The van der Waals surface area contributed by atoms with Gasteiger partial charge in [-0.05, 0) is 31.9 Å². The minimum atomic E-state index is -1.00. The summed E-state index contributed by atoms with van der Waals surface area (Å²) in [6.07, 6.45) is 1.18. The molecule has 0 atom stereocenters. The van der Waals surface area contributed by atoms with Crippen LogP contribution in [0.4, 0.5) is 0 Å². The summed E-state index contributed by atoms with van der Waals surface area (Å²) in [7, 11) is 0. The Morgan fingerprint density at radius 2 is 1.82 bits per heavy atom. The van der Waals surface area contributed by atoms with Crippen LogP contribution in [0.1, 0.15) is 33.6 Å². The highest BCUT2D eigenvalue weighted by Gasteiger charge is 2.33. The number of hydrogen-bond acceptors (Lipinski definition) is 2. The normalized spacial score (nSPS) is 11.3. The highest BCUT2D eigenvalue weighted by molar-refractivity contribution is 6.66. The third kappa shape index (κ3) is 2.62. The zero-order valence-electron chi connectivity index (χ0n) is 7.11. The maximum atomic E-state index is 11.2. The number of carbonyl (C=O) groups is 2. The standard InChI is InChI=1S/C8H13ClO2/c1-4-5-6(10)8(2,3)7(9)11/h4-5H2,1-3H3. The van der Waals surface area contributed by atoms with Crippen LogP contribution in [0.2, 0.25) is 0 Å². The topological polar surface area (TPSA) is 34.1 Å². The minimum absolute atomic E-state index is 0.0833. The van der Waals surface area contributed by atoms with E-state index in [0.29, 0.717) is 6.42 Å². The average molecular weight is 177 g/mol. The lowest BCUT2D eigenvalue weighted by Gasteiger charge is -2.16. The highest BCUT2D eigenvalue weighted by atomic mass is 35.5. The second kappa shape index (κ2) is 3.86. The molecule has 0 heterocycles. The molecular formula is C8H13ClO2. The maximum Gasteiger partial charge on any atom is 0.234 e. The summed E-state index contributed by atoms with van der Waals surface area (Å²) < 4.78 is 0. The van der Waals surface area contributed by atoms with E-state index in [1.807, 2.05) is 6.92 Å². The van der Waals surface area contributed by atoms with Gasteiger partial charge in [-0.2, -0.15) is 0 Å². The second-order valence-electron chi connectivity index (χ2n) is 3.07. The Morgan fingerprint density at radius 1 is 1.36 bits per heavy atom. The Hall–Kier alpha value is -0.370. The van der Waals surface area contributed by atoms with Crippen LogP contribution in [0.25, 0.3) is 0 Å². The first-order chi connectivity index (χ1) is 4.92. The summed E-state index contributed by atoms with van der Waals surface area (Å²) in [6, 6.07) is 0. The third-order valence-corrected chi connectivity index (χ3v) is 2.14. The number of Topliss-reactive ketones (excluding diaryl/α,β-unsaturated/α-hetero) is 1. The van der Waals surface area contributed by atoms with E-state index >= 15 is 0 Å². The van der Waals surface area contributed by atoms with Gasteiger partial charge >= 0.3 is 0 Å². The van der Waals surface area contributed by atoms with Gasteiger partial charge in [0.2, 0.25) is 5.24 Å². The summed E-state index contributed by atoms with van der Waals surface area (Å²) in [4.78, 5) is 21.9. The van der Waals surface area contributed by atoms with Gasteiger partial charge < -0.3 is 0 Å². The van der Waals surface area contributed by atoms with E-state index in [2.05, 4.69) is 0 Å². The van der Waals surface area contributed by atoms with Gasteiger partial charge in [-0.15, -0.1) is 0 Å². The predicted octanol–water partition coefficient (Wildman–Crippen LogP) is 2.15. The summed E-state index contributed by atoms with van der Waals surface area (Å²) in [5, 5.41) is -0.573. The highest BCUT2D eigenvalue weighted by Crippen LogP contribution is 2.22. The van der Waals surface area contributed by atoms with Crippen molar-refractivity contribution in [1.29, 1.82) is 0 Å². The fourth-order valence-electron chi connectivity index (χ4n) is 0.649. The molecule has 0 spiro atoms. The van der Waals surface area contributed by atoms with E-state index in [1.165, 1.54) is 0 Å². The molecule has 0 aliphatic heterocycles. The first-order valence-corrected chi connectivity index (χ1v) is 4.04. The van der Waals surface area contributed by atoms with Crippen molar-refractivity contribution in [3.63, 3.8) is 0 Å². The lowest BCUT2D eigenvalue weighted by atomic mass is 9.87. The number of carbonyl (C=O) groups excluding carboxylic acids is 2. The van der Waals surface area contributed by atoms with E-state index in [0.717, 1.165) is 6.42 Å². The van der Waals surface area contributed by atoms with Gasteiger partial charge in [0.05, 0.1) is 5.41 Å². The first kappa shape index (κ1) is 10.6. The van der Waals surface area contributed by atoms with Gasteiger partial charge in [0.1, 0.15) is 5.78 Å². The van der Waals surface area contributed by atoms with Gasteiger partial charge in [0, 0.05) is 6.42 Å². The van der Waals surface area contributed by atoms with Crippen LogP contribution >= 0.6 is 11.6 Å². The largest absolute Gasteiger partial charge is 0.299 e. The van der Waals surface area contributed by atoms with Crippen LogP contribution in [-0.4, -0.2) is 11.0 Å². The van der Waals surface area contributed by atoms with Crippen molar-refractivity contribution >= 4 is 22.6 Å². The monoisotopic (exact) mass is 176 g/mol. The molecule has 0 amide bonds. The molecule has 0 aromatic carbocycles. The molecule has 0 fully saturated rings. The molecule has 3 heteroatoms. The lowest BCUT2D eigenvalue weighted by Crippen LogP contribution is -2.29. The van der Waals surface area contributed by atoms with Crippen molar-refractivity contribution < 1.29 is 9.59 Å². The molecule has 0 aromatic heterocycles. The Kier molecular flexibility index (Phi) is 3.73. The molecule has 0 rings (SSSR count). The predicted molar refractivity (Wildman–Crippen MR) is 44.6 cm³/mol. The van der Waals surface area contributed by atoms with Crippen molar-refractivity contribution in [2.75, 3.05) is 0 Å². The van der Waals surface area contributed by atoms with Crippen molar-refractivity contribution in [1.82, 2.24) is 0 Å². The van der Waals surface area contributed by atoms with Gasteiger partial charge in [-0.3, -0.25) is 9.59 Å². The molecule has 0 radical (unpaired) electrons. The SMILES string of the molecule is CCCC(=O)C(C)(C)C(=O)Cl. The second-order valence-corrected chi connectivity index (χ2v) is 3.42. The summed E-state index contributed by atoms with van der Waals surface area (Å²) in [6.45, 7) is 5.01. The summed E-state index contributed by atoms with van der Waals surface area (Å²) >= 11 is 5.24. The van der Waals surface area contributed by atoms with Crippen LogP contribution in [0, 0.1) is 5.41 Å². The van der Waals surface area contributed by atoms with Gasteiger partial charge in [-0.1, -0.05) is 6.92 Å². The molecular weight excluding hydrogens is 164 g/mol. The van der Waals surface area contributed by atoms with E-state index in [4.69, 9.17) is 11.6 Å². The zero-order chi connectivity index (χ0) is 9.07. The molecule has 0 unspecified atom stereocenters. The van der Waals surface area contributed by atoms with Gasteiger partial charge in [-0.25, -0.2) is 0 Å². The Bertz CT molecular complexity index is 173. The molecule has 11 heavy (non-hydrogen) atoms. The molecule has 0 aliphatic rings. The fraction of sp³-hybridized carbons (Fsp3) is 0.750. The van der Waals surface area contributed by atoms with Crippen LogP contribution < -0.4 is 0 Å².